The summed E-state index contributed by atoms with van der Waals surface area (Å²) in [5, 5.41) is 1.54. The first kappa shape index (κ1) is 16.1. The van der Waals surface area contributed by atoms with E-state index in [9.17, 15) is 13.2 Å². The zero-order chi connectivity index (χ0) is 14.6. The lowest BCUT2D eigenvalue weighted by atomic mass is 10.1. The highest BCUT2D eigenvalue weighted by atomic mass is 32.2. The van der Waals surface area contributed by atoms with Gasteiger partial charge in [-0.3, -0.25) is 0 Å². The number of methoxy groups -OCH3 is 1. The third kappa shape index (κ3) is 3.75. The fourth-order valence-electron chi connectivity index (χ4n) is 1.47. The van der Waals surface area contributed by atoms with Crippen molar-refractivity contribution in [2.75, 3.05) is 13.7 Å². The van der Waals surface area contributed by atoms with Crippen LogP contribution in [0.4, 0.5) is 0 Å². The molecule has 0 aliphatic heterocycles. The van der Waals surface area contributed by atoms with Crippen molar-refractivity contribution in [2.45, 2.75) is 24.8 Å². The maximum atomic E-state index is 12.2. The normalized spacial score (nSPS) is 13.5. The summed E-state index contributed by atoms with van der Waals surface area (Å²) in [7, 11) is -2.57. The summed E-state index contributed by atoms with van der Waals surface area (Å²) in [5.41, 5.74) is 5.54. The molecule has 1 heterocycles. The number of carbonyl (C=O) groups is 1. The van der Waals surface area contributed by atoms with Gasteiger partial charge in [0.1, 0.15) is 9.77 Å². The summed E-state index contributed by atoms with van der Waals surface area (Å²) in [5.74, 6) is -0.607. The van der Waals surface area contributed by atoms with Gasteiger partial charge in [0.25, 0.3) is 0 Å². The molecule has 0 amide bonds. The van der Waals surface area contributed by atoms with Gasteiger partial charge in [-0.05, 0) is 17.4 Å². The van der Waals surface area contributed by atoms with E-state index in [-0.39, 0.29) is 28.3 Å². The Bertz CT molecular complexity index is 537. The van der Waals surface area contributed by atoms with Crippen LogP contribution in [0.15, 0.2) is 16.3 Å². The van der Waals surface area contributed by atoms with Gasteiger partial charge in [-0.15, -0.1) is 11.3 Å². The second kappa shape index (κ2) is 6.47. The summed E-state index contributed by atoms with van der Waals surface area (Å²) < 4.78 is 31.6. The van der Waals surface area contributed by atoms with Crippen LogP contribution in [0.2, 0.25) is 0 Å². The van der Waals surface area contributed by atoms with E-state index < -0.39 is 16.0 Å². The predicted molar refractivity (Wildman–Crippen MR) is 73.7 cm³/mol. The maximum absolute atomic E-state index is 12.2. The minimum atomic E-state index is -3.78. The monoisotopic (exact) mass is 306 g/mol. The molecule has 0 aromatic carbocycles. The van der Waals surface area contributed by atoms with Crippen molar-refractivity contribution < 1.29 is 17.9 Å². The average molecular weight is 306 g/mol. The lowest BCUT2D eigenvalue weighted by Gasteiger charge is -2.20. The molecule has 1 unspecified atom stereocenters. The van der Waals surface area contributed by atoms with E-state index in [1.165, 1.54) is 18.6 Å². The second-order valence-electron chi connectivity index (χ2n) is 4.31. The molecule has 3 N–H and O–H groups in total. The molecular weight excluding hydrogens is 288 g/mol. The highest BCUT2D eigenvalue weighted by Crippen LogP contribution is 2.23. The molecule has 6 nitrogen and oxygen atoms in total. The van der Waals surface area contributed by atoms with Crippen LogP contribution in [0.5, 0.6) is 0 Å². The third-order valence-corrected chi connectivity index (χ3v) is 5.21. The molecule has 1 atom stereocenters. The number of nitrogens with two attached hydrogens (primary N) is 1. The number of thiophene rings is 1. The molecule has 1 aromatic heterocycles. The van der Waals surface area contributed by atoms with Crippen LogP contribution < -0.4 is 10.5 Å². The van der Waals surface area contributed by atoms with Crippen LogP contribution in [0.1, 0.15) is 23.5 Å². The quantitative estimate of drug-likeness (QED) is 0.757. The van der Waals surface area contributed by atoms with Crippen LogP contribution >= 0.6 is 11.3 Å². The van der Waals surface area contributed by atoms with Crippen molar-refractivity contribution in [1.29, 1.82) is 0 Å². The number of ether oxygens (including phenoxy) is 1. The van der Waals surface area contributed by atoms with Crippen LogP contribution in [0.25, 0.3) is 0 Å². The molecule has 8 heteroatoms. The molecule has 0 saturated heterocycles. The smallest absolute Gasteiger partial charge is 0.349 e. The van der Waals surface area contributed by atoms with Gasteiger partial charge in [0.05, 0.1) is 7.11 Å². The second-order valence-corrected chi connectivity index (χ2v) is 6.91. The van der Waals surface area contributed by atoms with E-state index in [0.29, 0.717) is 0 Å². The van der Waals surface area contributed by atoms with Gasteiger partial charge in [-0.2, -0.15) is 0 Å². The molecule has 19 heavy (non-hydrogen) atoms. The predicted octanol–water partition coefficient (Wildman–Crippen LogP) is 0.796. The summed E-state index contributed by atoms with van der Waals surface area (Å²) in [6.07, 6.45) is 0. The molecule has 0 radical (unpaired) electrons. The minimum Gasteiger partial charge on any atom is -0.465 e. The van der Waals surface area contributed by atoms with Crippen LogP contribution in [0, 0.1) is 5.92 Å². The number of hydrogen-bond donors (Lipinski definition) is 2. The zero-order valence-electron chi connectivity index (χ0n) is 11.0. The van der Waals surface area contributed by atoms with Gasteiger partial charge in [-0.1, -0.05) is 13.8 Å². The highest BCUT2D eigenvalue weighted by molar-refractivity contribution is 7.89. The first-order chi connectivity index (χ1) is 8.83. The van der Waals surface area contributed by atoms with Gasteiger partial charge in [-0.25, -0.2) is 17.9 Å². The number of esters is 1. The number of carbonyl (C=O) groups excluding carboxylic acids is 1. The van der Waals surface area contributed by atoms with Crippen molar-refractivity contribution >= 4 is 27.3 Å². The van der Waals surface area contributed by atoms with E-state index in [1.54, 1.807) is 0 Å². The van der Waals surface area contributed by atoms with Gasteiger partial charge < -0.3 is 10.5 Å². The Morgan fingerprint density at radius 1 is 1.53 bits per heavy atom. The molecule has 1 aromatic rings. The lowest BCUT2D eigenvalue weighted by molar-refractivity contribution is 0.0602. The van der Waals surface area contributed by atoms with Crippen LogP contribution in [-0.4, -0.2) is 34.1 Å². The van der Waals surface area contributed by atoms with E-state index in [1.807, 2.05) is 13.8 Å². The number of rotatable bonds is 6. The first-order valence-electron chi connectivity index (χ1n) is 5.71. The molecule has 0 spiro atoms. The summed E-state index contributed by atoms with van der Waals surface area (Å²) in [4.78, 5) is 11.5. The van der Waals surface area contributed by atoms with Crippen molar-refractivity contribution in [2.24, 2.45) is 11.7 Å². The Kier molecular flexibility index (Phi) is 5.48. The molecule has 0 fully saturated rings. The van der Waals surface area contributed by atoms with Crippen molar-refractivity contribution in [3.8, 4) is 0 Å². The van der Waals surface area contributed by atoms with Gasteiger partial charge >= 0.3 is 5.97 Å². The van der Waals surface area contributed by atoms with Gasteiger partial charge in [0, 0.05) is 12.6 Å². The number of sulfonamides is 1. The molecule has 0 aliphatic rings. The topological polar surface area (TPSA) is 98.5 Å². The maximum Gasteiger partial charge on any atom is 0.349 e. The zero-order valence-corrected chi connectivity index (χ0v) is 12.7. The molecule has 0 bridgehead atoms. The molecule has 1 rings (SSSR count). The lowest BCUT2D eigenvalue weighted by Crippen LogP contribution is -2.43. The fraction of sp³-hybridized carbons (Fsp3) is 0.545. The number of nitrogens with one attached hydrogen (secondary N) is 1. The molecule has 0 saturated carbocycles. The van der Waals surface area contributed by atoms with Crippen molar-refractivity contribution in [3.05, 3.63) is 16.3 Å². The van der Waals surface area contributed by atoms with Crippen LogP contribution in [-0.2, 0) is 14.8 Å². The number of hydrogen-bond acceptors (Lipinski definition) is 6. The Labute approximate surface area is 117 Å². The van der Waals surface area contributed by atoms with Gasteiger partial charge in [0.15, 0.2) is 0 Å². The highest BCUT2D eigenvalue weighted by Gasteiger charge is 2.27. The fourth-order valence-corrected chi connectivity index (χ4v) is 4.20. The summed E-state index contributed by atoms with van der Waals surface area (Å²) in [6, 6.07) is 1.00. The molecule has 108 valence electrons. The van der Waals surface area contributed by atoms with E-state index in [4.69, 9.17) is 5.73 Å². The Morgan fingerprint density at radius 2 is 2.16 bits per heavy atom. The van der Waals surface area contributed by atoms with E-state index in [2.05, 4.69) is 9.46 Å². The Morgan fingerprint density at radius 3 is 2.63 bits per heavy atom. The van der Waals surface area contributed by atoms with E-state index in [0.717, 1.165) is 11.3 Å². The Balaban J connectivity index is 3.08. The van der Waals surface area contributed by atoms with Gasteiger partial charge in [0.2, 0.25) is 10.0 Å². The Hall–Kier alpha value is -0.960. The van der Waals surface area contributed by atoms with Crippen molar-refractivity contribution in [3.63, 3.8) is 0 Å². The molecular formula is C11H18N2O4S2. The van der Waals surface area contributed by atoms with E-state index >= 15 is 0 Å². The summed E-state index contributed by atoms with van der Waals surface area (Å²) >= 11 is 1.03. The SMILES string of the molecule is COC(=O)c1sccc1S(=O)(=O)NC(CN)C(C)C. The average Bonchev–Trinajstić information content (AvgIpc) is 2.84. The minimum absolute atomic E-state index is 0.0555. The summed E-state index contributed by atoms with van der Waals surface area (Å²) in [6.45, 7) is 3.93. The standard InChI is InChI=1S/C11H18N2O4S2/c1-7(2)8(6-12)13-19(15,16)9-4-5-18-10(9)11(14)17-3/h4-5,7-8,13H,6,12H2,1-3H3. The first-order valence-corrected chi connectivity index (χ1v) is 8.08. The third-order valence-electron chi connectivity index (χ3n) is 2.65. The molecule has 0 aliphatic carbocycles. The van der Waals surface area contributed by atoms with Crippen molar-refractivity contribution in [1.82, 2.24) is 4.72 Å². The van der Waals surface area contributed by atoms with Crippen LogP contribution in [0.3, 0.4) is 0 Å². The largest absolute Gasteiger partial charge is 0.465 e.